The highest BCUT2D eigenvalue weighted by molar-refractivity contribution is 5.66. The van der Waals surface area contributed by atoms with Gasteiger partial charge in [0, 0.05) is 18.5 Å². The summed E-state index contributed by atoms with van der Waals surface area (Å²) in [5.41, 5.74) is 0. The number of carboxylic acids is 1. The second-order valence-corrected chi connectivity index (χ2v) is 4.77. The van der Waals surface area contributed by atoms with Gasteiger partial charge in [0.15, 0.2) is 0 Å². The second-order valence-electron chi connectivity index (χ2n) is 4.77. The van der Waals surface area contributed by atoms with E-state index in [1.165, 1.54) is 25.8 Å². The van der Waals surface area contributed by atoms with Crippen molar-refractivity contribution >= 4 is 5.97 Å². The number of unbranched alkanes of at least 4 members (excludes halogenated alkanes) is 1. The van der Waals surface area contributed by atoms with Crippen molar-refractivity contribution in [2.75, 3.05) is 6.54 Å². The first kappa shape index (κ1) is 12.5. The number of hydrogen-bond donors (Lipinski definition) is 1. The van der Waals surface area contributed by atoms with Crippen molar-refractivity contribution in [2.45, 2.75) is 64.5 Å². The normalized spacial score (nSPS) is 22.5. The second kappa shape index (κ2) is 6.11. The third-order valence-corrected chi connectivity index (χ3v) is 3.26. The van der Waals surface area contributed by atoms with Crippen molar-refractivity contribution in [1.82, 2.24) is 4.90 Å². The molecule has 15 heavy (non-hydrogen) atoms. The molecule has 0 aliphatic carbocycles. The minimum Gasteiger partial charge on any atom is -0.481 e. The molecule has 0 aromatic rings. The lowest BCUT2D eigenvalue weighted by molar-refractivity contribution is -0.137. The summed E-state index contributed by atoms with van der Waals surface area (Å²) in [7, 11) is 0. The third kappa shape index (κ3) is 4.20. The molecule has 1 N–H and O–H groups in total. The molecule has 0 aromatic carbocycles. The van der Waals surface area contributed by atoms with Crippen LogP contribution in [0.15, 0.2) is 0 Å². The summed E-state index contributed by atoms with van der Waals surface area (Å²) in [5.74, 6) is -0.665. The highest BCUT2D eigenvalue weighted by atomic mass is 16.4. The SMILES string of the molecule is CC(C)N1CCC[C@H]1CCCCC(=O)O. The van der Waals surface area contributed by atoms with Gasteiger partial charge in [0.05, 0.1) is 0 Å². The number of aliphatic carboxylic acids is 1. The molecule has 0 unspecified atom stereocenters. The van der Waals surface area contributed by atoms with Gasteiger partial charge in [-0.25, -0.2) is 0 Å². The van der Waals surface area contributed by atoms with Crippen molar-refractivity contribution in [1.29, 1.82) is 0 Å². The number of carbonyl (C=O) groups is 1. The molecule has 0 amide bonds. The van der Waals surface area contributed by atoms with Crippen LogP contribution in [-0.2, 0) is 4.79 Å². The average Bonchev–Trinajstić information content (AvgIpc) is 2.60. The fourth-order valence-corrected chi connectivity index (χ4v) is 2.50. The van der Waals surface area contributed by atoms with Crippen molar-refractivity contribution in [3.05, 3.63) is 0 Å². The molecule has 1 saturated heterocycles. The van der Waals surface area contributed by atoms with E-state index < -0.39 is 5.97 Å². The molecule has 0 aromatic heterocycles. The Hall–Kier alpha value is -0.570. The lowest BCUT2D eigenvalue weighted by Crippen LogP contribution is -2.35. The number of rotatable bonds is 6. The minimum absolute atomic E-state index is 0.328. The van der Waals surface area contributed by atoms with Crippen LogP contribution in [-0.4, -0.2) is 34.6 Å². The van der Waals surface area contributed by atoms with Gasteiger partial charge in [0.25, 0.3) is 0 Å². The van der Waals surface area contributed by atoms with Gasteiger partial charge in [-0.05, 0) is 46.1 Å². The Kier molecular flexibility index (Phi) is 5.09. The first-order valence-corrected chi connectivity index (χ1v) is 6.09. The summed E-state index contributed by atoms with van der Waals surface area (Å²) in [6.45, 7) is 5.71. The minimum atomic E-state index is -0.665. The fraction of sp³-hybridized carbons (Fsp3) is 0.917. The molecular formula is C12H23NO2. The highest BCUT2D eigenvalue weighted by Gasteiger charge is 2.25. The standard InChI is InChI=1S/C12H23NO2/c1-10(2)13-9-5-7-11(13)6-3-4-8-12(14)15/h10-11H,3-9H2,1-2H3,(H,14,15)/t11-/m1/s1. The van der Waals surface area contributed by atoms with Gasteiger partial charge >= 0.3 is 5.97 Å². The van der Waals surface area contributed by atoms with Gasteiger partial charge in [-0.3, -0.25) is 9.69 Å². The van der Waals surface area contributed by atoms with Crippen LogP contribution in [0.1, 0.15) is 52.4 Å². The Balaban J connectivity index is 2.17. The Morgan fingerprint density at radius 2 is 2.20 bits per heavy atom. The molecule has 0 spiro atoms. The van der Waals surface area contributed by atoms with Crippen LogP contribution in [0.5, 0.6) is 0 Å². The zero-order chi connectivity index (χ0) is 11.3. The number of likely N-dealkylation sites (tertiary alicyclic amines) is 1. The van der Waals surface area contributed by atoms with Gasteiger partial charge in [-0.2, -0.15) is 0 Å². The summed E-state index contributed by atoms with van der Waals surface area (Å²) < 4.78 is 0. The van der Waals surface area contributed by atoms with Crippen LogP contribution >= 0.6 is 0 Å². The number of carboxylic acid groups (broad SMARTS) is 1. The lowest BCUT2D eigenvalue weighted by Gasteiger charge is -2.28. The van der Waals surface area contributed by atoms with Crippen molar-refractivity contribution in [2.24, 2.45) is 0 Å². The molecule has 1 aliphatic heterocycles. The Bertz CT molecular complexity index is 204. The van der Waals surface area contributed by atoms with Gasteiger partial charge in [-0.15, -0.1) is 0 Å². The van der Waals surface area contributed by atoms with Crippen LogP contribution in [0.25, 0.3) is 0 Å². The van der Waals surface area contributed by atoms with E-state index in [0.717, 1.165) is 12.8 Å². The van der Waals surface area contributed by atoms with Gasteiger partial charge in [0.2, 0.25) is 0 Å². The van der Waals surface area contributed by atoms with Crippen LogP contribution in [0.2, 0.25) is 0 Å². The van der Waals surface area contributed by atoms with Gasteiger partial charge in [-0.1, -0.05) is 6.42 Å². The van der Waals surface area contributed by atoms with Crippen LogP contribution in [0, 0.1) is 0 Å². The third-order valence-electron chi connectivity index (χ3n) is 3.26. The first-order valence-electron chi connectivity index (χ1n) is 6.09. The summed E-state index contributed by atoms with van der Waals surface area (Å²) in [5, 5.41) is 8.54. The molecule has 1 atom stereocenters. The number of hydrogen-bond acceptors (Lipinski definition) is 2. The van der Waals surface area contributed by atoms with Crippen LogP contribution in [0.4, 0.5) is 0 Å². The smallest absolute Gasteiger partial charge is 0.303 e. The van der Waals surface area contributed by atoms with E-state index in [4.69, 9.17) is 5.11 Å². The van der Waals surface area contributed by atoms with E-state index in [-0.39, 0.29) is 0 Å². The maximum absolute atomic E-state index is 10.4. The van der Waals surface area contributed by atoms with Crippen molar-refractivity contribution < 1.29 is 9.90 Å². The molecule has 1 aliphatic rings. The summed E-state index contributed by atoms with van der Waals surface area (Å²) in [6, 6.07) is 1.34. The summed E-state index contributed by atoms with van der Waals surface area (Å²) >= 11 is 0. The van der Waals surface area contributed by atoms with Gasteiger partial charge < -0.3 is 5.11 Å². The van der Waals surface area contributed by atoms with Gasteiger partial charge in [0.1, 0.15) is 0 Å². The Morgan fingerprint density at radius 3 is 2.80 bits per heavy atom. The van der Waals surface area contributed by atoms with E-state index >= 15 is 0 Å². The first-order chi connectivity index (χ1) is 7.11. The van der Waals surface area contributed by atoms with E-state index in [9.17, 15) is 4.79 Å². The molecule has 1 rings (SSSR count). The molecule has 1 heterocycles. The largest absolute Gasteiger partial charge is 0.481 e. The zero-order valence-corrected chi connectivity index (χ0v) is 9.91. The van der Waals surface area contributed by atoms with Crippen LogP contribution < -0.4 is 0 Å². The Labute approximate surface area is 92.5 Å². The highest BCUT2D eigenvalue weighted by Crippen LogP contribution is 2.24. The van der Waals surface area contributed by atoms with E-state index in [1.807, 2.05) is 0 Å². The van der Waals surface area contributed by atoms with E-state index in [2.05, 4.69) is 18.7 Å². The molecule has 0 radical (unpaired) electrons. The summed E-state index contributed by atoms with van der Waals surface area (Å²) in [6.07, 6.45) is 5.99. The monoisotopic (exact) mass is 213 g/mol. The fourth-order valence-electron chi connectivity index (χ4n) is 2.50. The van der Waals surface area contributed by atoms with Crippen LogP contribution in [0.3, 0.4) is 0 Å². The molecule has 0 saturated carbocycles. The predicted octanol–water partition coefficient (Wildman–Crippen LogP) is 2.50. The lowest BCUT2D eigenvalue weighted by atomic mass is 10.1. The maximum Gasteiger partial charge on any atom is 0.303 e. The molecule has 1 fully saturated rings. The topological polar surface area (TPSA) is 40.5 Å². The molecule has 3 nitrogen and oxygen atoms in total. The van der Waals surface area contributed by atoms with Crippen molar-refractivity contribution in [3.63, 3.8) is 0 Å². The molecule has 0 bridgehead atoms. The zero-order valence-electron chi connectivity index (χ0n) is 9.91. The molecule has 88 valence electrons. The molecular weight excluding hydrogens is 190 g/mol. The quantitative estimate of drug-likeness (QED) is 0.689. The van der Waals surface area contributed by atoms with E-state index in [0.29, 0.717) is 18.5 Å². The van der Waals surface area contributed by atoms with Crippen molar-refractivity contribution in [3.8, 4) is 0 Å². The number of nitrogens with zero attached hydrogens (tertiary/aromatic N) is 1. The summed E-state index contributed by atoms with van der Waals surface area (Å²) in [4.78, 5) is 12.9. The predicted molar refractivity (Wildman–Crippen MR) is 61.0 cm³/mol. The molecule has 3 heteroatoms. The van der Waals surface area contributed by atoms with E-state index in [1.54, 1.807) is 0 Å². The Morgan fingerprint density at radius 1 is 1.47 bits per heavy atom. The maximum atomic E-state index is 10.4. The average molecular weight is 213 g/mol.